The number of para-hydroxylation sites is 1. The third-order valence-electron chi connectivity index (χ3n) is 2.38. The third kappa shape index (κ3) is 4.06. The minimum Gasteiger partial charge on any atom is -0.376 e. The molecular formula is C12H16N2O4S. The van der Waals surface area contributed by atoms with Crippen molar-refractivity contribution in [1.82, 2.24) is 0 Å². The molecule has 104 valence electrons. The van der Waals surface area contributed by atoms with E-state index in [9.17, 15) is 18.5 Å². The first-order valence-electron chi connectivity index (χ1n) is 5.58. The van der Waals surface area contributed by atoms with Crippen molar-refractivity contribution in [3.63, 3.8) is 0 Å². The number of nitro benzene ring substituents is 1. The van der Waals surface area contributed by atoms with Crippen LogP contribution in [0.4, 0.5) is 11.4 Å². The molecule has 0 fully saturated rings. The summed E-state index contributed by atoms with van der Waals surface area (Å²) < 4.78 is 23.1. The topological polar surface area (TPSA) is 89.3 Å². The fourth-order valence-corrected chi connectivity index (χ4v) is 2.38. The number of nitrogens with one attached hydrogen (secondary N) is 1. The second kappa shape index (κ2) is 5.83. The summed E-state index contributed by atoms with van der Waals surface area (Å²) >= 11 is 0. The van der Waals surface area contributed by atoms with E-state index < -0.39 is 20.4 Å². The first-order chi connectivity index (χ1) is 8.73. The van der Waals surface area contributed by atoms with Crippen molar-refractivity contribution in [3.8, 4) is 0 Å². The SMILES string of the molecule is CC(C)=CCNc1cccc(S(C)(=O)=O)c1[N+](=O)[O-]. The van der Waals surface area contributed by atoms with Crippen LogP contribution in [0.5, 0.6) is 0 Å². The summed E-state index contributed by atoms with van der Waals surface area (Å²) in [5.41, 5.74) is 0.854. The number of allylic oxidation sites excluding steroid dienone is 1. The summed E-state index contributed by atoms with van der Waals surface area (Å²) in [4.78, 5) is 10.1. The smallest absolute Gasteiger partial charge is 0.310 e. The average Bonchev–Trinajstić information content (AvgIpc) is 2.26. The van der Waals surface area contributed by atoms with Gasteiger partial charge in [0.1, 0.15) is 10.6 Å². The van der Waals surface area contributed by atoms with Crippen molar-refractivity contribution in [3.05, 3.63) is 40.0 Å². The molecule has 0 unspecified atom stereocenters. The zero-order valence-corrected chi connectivity index (χ0v) is 11.8. The van der Waals surface area contributed by atoms with Gasteiger partial charge in [-0.3, -0.25) is 10.1 Å². The maximum atomic E-state index is 11.5. The summed E-state index contributed by atoms with van der Waals surface area (Å²) in [5, 5.41) is 13.9. The van der Waals surface area contributed by atoms with Crippen LogP contribution in [0, 0.1) is 10.1 Å². The van der Waals surface area contributed by atoms with E-state index in [0.717, 1.165) is 11.8 Å². The van der Waals surface area contributed by atoms with E-state index in [0.29, 0.717) is 6.54 Å². The normalized spacial score (nSPS) is 10.9. The van der Waals surface area contributed by atoms with E-state index >= 15 is 0 Å². The second-order valence-corrected chi connectivity index (χ2v) is 6.33. The van der Waals surface area contributed by atoms with E-state index in [1.807, 2.05) is 19.9 Å². The lowest BCUT2D eigenvalue weighted by Gasteiger charge is -2.08. The van der Waals surface area contributed by atoms with E-state index in [4.69, 9.17) is 0 Å². The summed E-state index contributed by atoms with van der Waals surface area (Å²) in [5.74, 6) is 0. The van der Waals surface area contributed by atoms with Crippen LogP contribution in [0.15, 0.2) is 34.7 Å². The standard InChI is InChI=1S/C12H16N2O4S/c1-9(2)7-8-13-10-5-4-6-11(19(3,17)18)12(10)14(15)16/h4-7,13H,8H2,1-3H3. The molecule has 1 rings (SSSR count). The molecule has 0 atom stereocenters. The molecule has 0 radical (unpaired) electrons. The first kappa shape index (κ1) is 15.2. The monoisotopic (exact) mass is 284 g/mol. The van der Waals surface area contributed by atoms with Crippen molar-refractivity contribution in [1.29, 1.82) is 0 Å². The highest BCUT2D eigenvalue weighted by molar-refractivity contribution is 7.90. The van der Waals surface area contributed by atoms with Crippen LogP contribution < -0.4 is 5.32 Å². The molecule has 0 aliphatic rings. The van der Waals surface area contributed by atoms with Crippen molar-refractivity contribution in [2.24, 2.45) is 0 Å². The highest BCUT2D eigenvalue weighted by Gasteiger charge is 2.25. The molecule has 7 heteroatoms. The Kier molecular flexibility index (Phi) is 4.66. The Labute approximate surface area is 112 Å². The van der Waals surface area contributed by atoms with Crippen LogP contribution in [0.25, 0.3) is 0 Å². The van der Waals surface area contributed by atoms with Gasteiger partial charge in [-0.2, -0.15) is 0 Å². The number of nitrogens with zero attached hydrogens (tertiary/aromatic N) is 1. The summed E-state index contributed by atoms with van der Waals surface area (Å²) in [6.45, 7) is 4.21. The fraction of sp³-hybridized carbons (Fsp3) is 0.333. The van der Waals surface area contributed by atoms with Crippen molar-refractivity contribution in [2.45, 2.75) is 18.7 Å². The van der Waals surface area contributed by atoms with Gasteiger partial charge in [-0.25, -0.2) is 8.42 Å². The van der Waals surface area contributed by atoms with Crippen molar-refractivity contribution in [2.75, 3.05) is 18.1 Å². The number of hydrogen-bond acceptors (Lipinski definition) is 5. The van der Waals surface area contributed by atoms with Gasteiger partial charge in [0, 0.05) is 12.8 Å². The van der Waals surface area contributed by atoms with E-state index in [2.05, 4.69) is 5.32 Å². The number of sulfone groups is 1. The van der Waals surface area contributed by atoms with E-state index in [1.165, 1.54) is 18.2 Å². The molecule has 0 saturated carbocycles. The molecule has 0 aromatic heterocycles. The number of rotatable bonds is 5. The quantitative estimate of drug-likeness (QED) is 0.509. The van der Waals surface area contributed by atoms with Crippen LogP contribution in [0.2, 0.25) is 0 Å². The van der Waals surface area contributed by atoms with E-state index in [-0.39, 0.29) is 10.6 Å². The number of benzene rings is 1. The molecule has 19 heavy (non-hydrogen) atoms. The van der Waals surface area contributed by atoms with Gasteiger partial charge in [0.05, 0.1) is 4.92 Å². The van der Waals surface area contributed by atoms with Crippen LogP contribution in [-0.4, -0.2) is 26.1 Å². The lowest BCUT2D eigenvalue weighted by molar-refractivity contribution is -0.386. The molecule has 0 aliphatic heterocycles. The zero-order valence-electron chi connectivity index (χ0n) is 11.0. The van der Waals surface area contributed by atoms with Crippen molar-refractivity contribution >= 4 is 21.2 Å². The maximum Gasteiger partial charge on any atom is 0.310 e. The fourth-order valence-electron chi connectivity index (χ4n) is 1.52. The lowest BCUT2D eigenvalue weighted by atomic mass is 10.2. The van der Waals surface area contributed by atoms with Gasteiger partial charge in [0.25, 0.3) is 0 Å². The molecule has 1 N–H and O–H groups in total. The molecule has 0 spiro atoms. The second-order valence-electron chi connectivity index (χ2n) is 4.34. The molecule has 0 aliphatic carbocycles. The Morgan fingerprint density at radius 2 is 2.05 bits per heavy atom. The number of nitro groups is 1. The summed E-state index contributed by atoms with van der Waals surface area (Å²) in [6.07, 6.45) is 2.81. The average molecular weight is 284 g/mol. The van der Waals surface area contributed by atoms with Gasteiger partial charge in [-0.05, 0) is 26.0 Å². The Morgan fingerprint density at radius 3 is 2.53 bits per heavy atom. The predicted molar refractivity (Wildman–Crippen MR) is 74.1 cm³/mol. The van der Waals surface area contributed by atoms with Gasteiger partial charge in [-0.1, -0.05) is 17.7 Å². The molecule has 6 nitrogen and oxygen atoms in total. The number of hydrogen-bond donors (Lipinski definition) is 1. The molecule has 0 heterocycles. The van der Waals surface area contributed by atoms with Crippen LogP contribution in [-0.2, 0) is 9.84 Å². The summed E-state index contributed by atoms with van der Waals surface area (Å²) in [7, 11) is -3.64. The Bertz CT molecular complexity index is 617. The van der Waals surface area contributed by atoms with Gasteiger partial charge in [0.2, 0.25) is 0 Å². The van der Waals surface area contributed by atoms with Gasteiger partial charge < -0.3 is 5.32 Å². The first-order valence-corrected chi connectivity index (χ1v) is 7.47. The van der Waals surface area contributed by atoms with Crippen molar-refractivity contribution < 1.29 is 13.3 Å². The minimum atomic E-state index is -3.64. The molecule has 0 saturated heterocycles. The third-order valence-corrected chi connectivity index (χ3v) is 3.51. The summed E-state index contributed by atoms with van der Waals surface area (Å²) in [6, 6.07) is 4.21. The Morgan fingerprint density at radius 1 is 1.42 bits per heavy atom. The molecular weight excluding hydrogens is 268 g/mol. The zero-order chi connectivity index (χ0) is 14.6. The van der Waals surface area contributed by atoms with Gasteiger partial charge in [0.15, 0.2) is 9.84 Å². The lowest BCUT2D eigenvalue weighted by Crippen LogP contribution is -2.07. The highest BCUT2D eigenvalue weighted by Crippen LogP contribution is 2.31. The van der Waals surface area contributed by atoms with E-state index in [1.54, 1.807) is 0 Å². The Hall–Kier alpha value is -1.89. The van der Waals surface area contributed by atoms with Gasteiger partial charge >= 0.3 is 5.69 Å². The largest absolute Gasteiger partial charge is 0.376 e. The molecule has 1 aromatic rings. The highest BCUT2D eigenvalue weighted by atomic mass is 32.2. The molecule has 0 amide bonds. The maximum absolute atomic E-state index is 11.5. The Balaban J connectivity index is 3.26. The van der Waals surface area contributed by atoms with Crippen LogP contribution in [0.3, 0.4) is 0 Å². The molecule has 1 aromatic carbocycles. The van der Waals surface area contributed by atoms with Crippen LogP contribution in [0.1, 0.15) is 13.8 Å². The van der Waals surface area contributed by atoms with Gasteiger partial charge in [-0.15, -0.1) is 0 Å². The predicted octanol–water partition coefficient (Wildman–Crippen LogP) is 2.38. The minimum absolute atomic E-state index is 0.199. The molecule has 0 bridgehead atoms. The van der Waals surface area contributed by atoms with Crippen LogP contribution >= 0.6 is 0 Å². The number of anilines is 1.